The predicted octanol–water partition coefficient (Wildman–Crippen LogP) is 4.48. The second kappa shape index (κ2) is 8.01. The molecule has 1 aliphatic rings. The van der Waals surface area contributed by atoms with E-state index in [0.29, 0.717) is 31.1 Å². The van der Waals surface area contributed by atoms with Crippen molar-refractivity contribution in [1.82, 2.24) is 4.31 Å². The van der Waals surface area contributed by atoms with E-state index in [0.717, 1.165) is 16.8 Å². The lowest BCUT2D eigenvalue weighted by molar-refractivity contribution is 0.385. The summed E-state index contributed by atoms with van der Waals surface area (Å²) in [4.78, 5) is 2.62. The number of benzene rings is 3. The molecule has 0 aliphatic carbocycles. The van der Waals surface area contributed by atoms with E-state index in [4.69, 9.17) is 0 Å². The van der Waals surface area contributed by atoms with Gasteiger partial charge in [0.05, 0.1) is 4.90 Å². The fourth-order valence-electron chi connectivity index (χ4n) is 3.71. The number of sulfonamides is 1. The summed E-state index contributed by atoms with van der Waals surface area (Å²) in [7, 11) is -3.47. The lowest BCUT2D eigenvalue weighted by atomic mass is 10.1. The summed E-state index contributed by atoms with van der Waals surface area (Å²) >= 11 is 0. The molecule has 4 nitrogen and oxygen atoms in total. The first-order valence-electron chi connectivity index (χ1n) is 9.93. The highest BCUT2D eigenvalue weighted by Gasteiger charge is 2.28. The van der Waals surface area contributed by atoms with Crippen LogP contribution in [-0.4, -0.2) is 38.9 Å². The summed E-state index contributed by atoms with van der Waals surface area (Å²) in [6.45, 7) is 6.60. The van der Waals surface area contributed by atoms with E-state index in [1.165, 1.54) is 11.1 Å². The van der Waals surface area contributed by atoms with Gasteiger partial charge in [-0.05, 0) is 60.4 Å². The highest BCUT2D eigenvalue weighted by atomic mass is 32.2. The Morgan fingerprint density at radius 3 is 1.93 bits per heavy atom. The minimum Gasteiger partial charge on any atom is -0.369 e. The molecule has 0 N–H and O–H groups in total. The Hall–Kier alpha value is -2.63. The number of hydrogen-bond donors (Lipinski definition) is 0. The molecule has 4 rings (SSSR count). The van der Waals surface area contributed by atoms with E-state index < -0.39 is 10.0 Å². The average Bonchev–Trinajstić information content (AvgIpc) is 2.76. The van der Waals surface area contributed by atoms with Gasteiger partial charge in [-0.15, -0.1) is 0 Å². The predicted molar refractivity (Wildman–Crippen MR) is 119 cm³/mol. The normalized spacial score (nSPS) is 15.4. The molecule has 0 atom stereocenters. The number of anilines is 1. The topological polar surface area (TPSA) is 40.6 Å². The van der Waals surface area contributed by atoms with Crippen molar-refractivity contribution < 1.29 is 8.42 Å². The summed E-state index contributed by atoms with van der Waals surface area (Å²) in [5.74, 6) is 0. The summed E-state index contributed by atoms with van der Waals surface area (Å²) in [5.41, 5.74) is 5.80. The van der Waals surface area contributed by atoms with E-state index in [1.807, 2.05) is 42.5 Å². The Morgan fingerprint density at radius 1 is 0.690 bits per heavy atom. The number of piperazine rings is 1. The highest BCUT2D eigenvalue weighted by molar-refractivity contribution is 7.89. The molecule has 1 aliphatic heterocycles. The molecule has 3 aromatic carbocycles. The molecule has 150 valence electrons. The zero-order chi connectivity index (χ0) is 20.4. The molecule has 1 saturated heterocycles. The Kier molecular flexibility index (Phi) is 5.43. The van der Waals surface area contributed by atoms with Crippen LogP contribution in [0.15, 0.2) is 77.7 Å². The summed E-state index contributed by atoms with van der Waals surface area (Å²) in [5, 5.41) is 0. The molecule has 5 heteroatoms. The maximum Gasteiger partial charge on any atom is 0.243 e. The third-order valence-corrected chi connectivity index (χ3v) is 7.61. The van der Waals surface area contributed by atoms with Crippen LogP contribution >= 0.6 is 0 Å². The van der Waals surface area contributed by atoms with Gasteiger partial charge in [0, 0.05) is 31.9 Å². The van der Waals surface area contributed by atoms with Crippen molar-refractivity contribution in [2.24, 2.45) is 0 Å². The Balaban J connectivity index is 1.46. The SMILES string of the molecule is Cc1ccc(N2CCN(S(=O)(=O)c3ccc(-c4ccccc4)cc3)CC2)cc1C. The lowest BCUT2D eigenvalue weighted by Gasteiger charge is -2.35. The van der Waals surface area contributed by atoms with E-state index >= 15 is 0 Å². The second-order valence-corrected chi connectivity index (χ2v) is 9.49. The van der Waals surface area contributed by atoms with Crippen LogP contribution in [0.1, 0.15) is 11.1 Å². The Bertz CT molecular complexity index is 1090. The van der Waals surface area contributed by atoms with Crippen LogP contribution in [0.25, 0.3) is 11.1 Å². The first-order chi connectivity index (χ1) is 13.9. The van der Waals surface area contributed by atoms with Gasteiger partial charge in [0.1, 0.15) is 0 Å². The molecular formula is C24H26N2O2S. The van der Waals surface area contributed by atoms with Crippen molar-refractivity contribution in [3.8, 4) is 11.1 Å². The van der Waals surface area contributed by atoms with E-state index in [-0.39, 0.29) is 0 Å². The minimum atomic E-state index is -3.47. The number of hydrogen-bond acceptors (Lipinski definition) is 3. The van der Waals surface area contributed by atoms with Crippen LogP contribution in [0.3, 0.4) is 0 Å². The molecule has 0 bridgehead atoms. The Morgan fingerprint density at radius 2 is 1.31 bits per heavy atom. The van der Waals surface area contributed by atoms with Gasteiger partial charge < -0.3 is 4.90 Å². The van der Waals surface area contributed by atoms with Crippen LogP contribution < -0.4 is 4.90 Å². The highest BCUT2D eigenvalue weighted by Crippen LogP contribution is 2.25. The number of nitrogens with zero attached hydrogens (tertiary/aromatic N) is 2. The van der Waals surface area contributed by atoms with E-state index in [1.54, 1.807) is 16.4 Å². The number of rotatable bonds is 4. The van der Waals surface area contributed by atoms with Gasteiger partial charge in [0.2, 0.25) is 10.0 Å². The van der Waals surface area contributed by atoms with Crippen molar-refractivity contribution in [2.75, 3.05) is 31.1 Å². The minimum absolute atomic E-state index is 0.358. The fourth-order valence-corrected chi connectivity index (χ4v) is 5.13. The summed E-state index contributed by atoms with van der Waals surface area (Å²) in [6.07, 6.45) is 0. The maximum absolute atomic E-state index is 13.1. The van der Waals surface area contributed by atoms with Gasteiger partial charge in [-0.25, -0.2) is 8.42 Å². The zero-order valence-corrected chi connectivity index (χ0v) is 17.7. The third-order valence-electron chi connectivity index (χ3n) is 5.69. The van der Waals surface area contributed by atoms with Gasteiger partial charge >= 0.3 is 0 Å². The summed E-state index contributed by atoms with van der Waals surface area (Å²) < 4.78 is 27.8. The van der Waals surface area contributed by atoms with Crippen LogP contribution in [0, 0.1) is 13.8 Å². The van der Waals surface area contributed by atoms with E-state index in [9.17, 15) is 8.42 Å². The van der Waals surface area contributed by atoms with Crippen molar-refractivity contribution in [2.45, 2.75) is 18.7 Å². The first-order valence-corrected chi connectivity index (χ1v) is 11.4. The van der Waals surface area contributed by atoms with Crippen molar-refractivity contribution in [3.63, 3.8) is 0 Å². The molecule has 0 spiro atoms. The lowest BCUT2D eigenvalue weighted by Crippen LogP contribution is -2.48. The largest absolute Gasteiger partial charge is 0.369 e. The van der Waals surface area contributed by atoms with Gasteiger partial charge in [-0.1, -0.05) is 48.5 Å². The summed E-state index contributed by atoms with van der Waals surface area (Å²) in [6, 6.07) is 23.6. The van der Waals surface area contributed by atoms with Crippen LogP contribution in [0.5, 0.6) is 0 Å². The van der Waals surface area contributed by atoms with Crippen molar-refractivity contribution in [1.29, 1.82) is 0 Å². The van der Waals surface area contributed by atoms with Crippen molar-refractivity contribution >= 4 is 15.7 Å². The Labute approximate surface area is 173 Å². The van der Waals surface area contributed by atoms with Crippen LogP contribution in [-0.2, 0) is 10.0 Å². The standard InChI is InChI=1S/C24H26N2O2S/c1-19-8-11-23(18-20(19)2)25-14-16-26(17-15-25)29(27,28)24-12-9-22(10-13-24)21-6-4-3-5-7-21/h3-13,18H,14-17H2,1-2H3. The molecule has 0 radical (unpaired) electrons. The van der Waals surface area contributed by atoms with Gasteiger partial charge in [-0.3, -0.25) is 0 Å². The third kappa shape index (κ3) is 4.07. The molecule has 0 unspecified atom stereocenters. The zero-order valence-electron chi connectivity index (χ0n) is 16.9. The number of aryl methyl sites for hydroxylation is 2. The monoisotopic (exact) mass is 406 g/mol. The molecule has 1 fully saturated rings. The van der Waals surface area contributed by atoms with Gasteiger partial charge in [0.25, 0.3) is 0 Å². The molecular weight excluding hydrogens is 380 g/mol. The maximum atomic E-state index is 13.1. The second-order valence-electron chi connectivity index (χ2n) is 7.55. The first kappa shape index (κ1) is 19.7. The van der Waals surface area contributed by atoms with Gasteiger partial charge in [0.15, 0.2) is 0 Å². The molecule has 0 aromatic heterocycles. The average molecular weight is 407 g/mol. The molecule has 0 saturated carbocycles. The fraction of sp³-hybridized carbons (Fsp3) is 0.250. The van der Waals surface area contributed by atoms with Crippen molar-refractivity contribution in [3.05, 3.63) is 83.9 Å². The van der Waals surface area contributed by atoms with Crippen LogP contribution in [0.2, 0.25) is 0 Å². The smallest absolute Gasteiger partial charge is 0.243 e. The molecule has 3 aromatic rings. The molecule has 1 heterocycles. The van der Waals surface area contributed by atoms with Crippen LogP contribution in [0.4, 0.5) is 5.69 Å². The van der Waals surface area contributed by atoms with Gasteiger partial charge in [-0.2, -0.15) is 4.31 Å². The van der Waals surface area contributed by atoms with E-state index in [2.05, 4.69) is 36.9 Å². The molecule has 0 amide bonds. The molecule has 29 heavy (non-hydrogen) atoms. The quantitative estimate of drug-likeness (QED) is 0.641.